The van der Waals surface area contributed by atoms with Crippen molar-refractivity contribution in [2.24, 2.45) is 5.92 Å². The molecular formula is C18H29NO5. The Morgan fingerprint density at radius 2 is 2.21 bits per heavy atom. The Bertz CT molecular complexity index is 502. The van der Waals surface area contributed by atoms with Crippen molar-refractivity contribution in [3.63, 3.8) is 0 Å². The van der Waals surface area contributed by atoms with Gasteiger partial charge < -0.3 is 23.5 Å². The maximum atomic E-state index is 12.5. The zero-order chi connectivity index (χ0) is 17.7. The Balaban J connectivity index is 2.04. The Morgan fingerprint density at radius 1 is 1.46 bits per heavy atom. The molecule has 0 spiro atoms. The summed E-state index contributed by atoms with van der Waals surface area (Å²) in [5, 5.41) is 0. The molecule has 1 aliphatic rings. The van der Waals surface area contributed by atoms with E-state index in [0.29, 0.717) is 13.2 Å². The molecule has 0 saturated carbocycles. The number of rotatable bonds is 6. The van der Waals surface area contributed by atoms with Crippen molar-refractivity contribution in [1.29, 1.82) is 0 Å². The minimum absolute atomic E-state index is 0.0502. The molecule has 2 rings (SSSR count). The highest BCUT2D eigenvalue weighted by Crippen LogP contribution is 2.30. The SMILES string of the molecule is CC(COC1CCOC1)C(c1ccco1)N(C)C(=O)OC(C)(C)C. The van der Waals surface area contributed by atoms with Crippen LogP contribution in [-0.4, -0.2) is 49.6 Å². The van der Waals surface area contributed by atoms with Gasteiger partial charge >= 0.3 is 6.09 Å². The first-order valence-electron chi connectivity index (χ1n) is 8.46. The maximum absolute atomic E-state index is 12.5. The van der Waals surface area contributed by atoms with Crippen LogP contribution < -0.4 is 0 Å². The first-order valence-corrected chi connectivity index (χ1v) is 8.46. The topological polar surface area (TPSA) is 61.1 Å². The van der Waals surface area contributed by atoms with Gasteiger partial charge in [-0.15, -0.1) is 0 Å². The van der Waals surface area contributed by atoms with Crippen molar-refractivity contribution in [3.8, 4) is 0 Å². The number of nitrogens with zero attached hydrogens (tertiary/aromatic N) is 1. The largest absolute Gasteiger partial charge is 0.467 e. The van der Waals surface area contributed by atoms with Crippen LogP contribution in [0.5, 0.6) is 0 Å². The van der Waals surface area contributed by atoms with Gasteiger partial charge in [-0.25, -0.2) is 4.79 Å². The quantitative estimate of drug-likeness (QED) is 0.792. The van der Waals surface area contributed by atoms with Gasteiger partial charge in [-0.1, -0.05) is 6.92 Å². The molecule has 0 bridgehead atoms. The molecule has 0 aromatic carbocycles. The third-order valence-corrected chi connectivity index (χ3v) is 3.96. The first kappa shape index (κ1) is 18.8. The number of hydrogen-bond donors (Lipinski definition) is 0. The van der Waals surface area contributed by atoms with Crippen LogP contribution in [-0.2, 0) is 14.2 Å². The summed E-state index contributed by atoms with van der Waals surface area (Å²) in [6.45, 7) is 9.52. The number of furan rings is 1. The van der Waals surface area contributed by atoms with E-state index in [4.69, 9.17) is 18.6 Å². The Morgan fingerprint density at radius 3 is 2.75 bits per heavy atom. The van der Waals surface area contributed by atoms with Crippen molar-refractivity contribution >= 4 is 6.09 Å². The van der Waals surface area contributed by atoms with Crippen LogP contribution in [0.2, 0.25) is 0 Å². The zero-order valence-corrected chi connectivity index (χ0v) is 15.3. The molecule has 6 heteroatoms. The molecule has 3 atom stereocenters. The van der Waals surface area contributed by atoms with Crippen LogP contribution in [0.3, 0.4) is 0 Å². The molecule has 24 heavy (non-hydrogen) atoms. The third kappa shape index (κ3) is 5.24. The smallest absolute Gasteiger partial charge is 0.410 e. The van der Waals surface area contributed by atoms with Crippen LogP contribution in [0, 0.1) is 5.92 Å². The summed E-state index contributed by atoms with van der Waals surface area (Å²) in [6, 6.07) is 3.45. The number of carbonyl (C=O) groups is 1. The van der Waals surface area contributed by atoms with E-state index in [9.17, 15) is 4.79 Å². The normalized spacial score (nSPS) is 20.6. The molecule has 1 aliphatic heterocycles. The van der Waals surface area contributed by atoms with Crippen LogP contribution in [0.25, 0.3) is 0 Å². The van der Waals surface area contributed by atoms with E-state index in [1.807, 2.05) is 39.8 Å². The second-order valence-electron chi connectivity index (χ2n) is 7.35. The fourth-order valence-electron chi connectivity index (χ4n) is 2.78. The van der Waals surface area contributed by atoms with Crippen LogP contribution in [0.4, 0.5) is 4.79 Å². The summed E-state index contributed by atoms with van der Waals surface area (Å²) >= 11 is 0. The van der Waals surface area contributed by atoms with Crippen molar-refractivity contribution in [3.05, 3.63) is 24.2 Å². The average molecular weight is 339 g/mol. The number of amides is 1. The Labute approximate surface area is 144 Å². The second-order valence-corrected chi connectivity index (χ2v) is 7.35. The lowest BCUT2D eigenvalue weighted by atomic mass is 9.99. The highest BCUT2D eigenvalue weighted by Gasteiger charge is 2.33. The minimum atomic E-state index is -0.542. The number of ether oxygens (including phenoxy) is 3. The zero-order valence-electron chi connectivity index (χ0n) is 15.3. The standard InChI is InChI=1S/C18H29NO5/c1-13(11-23-14-8-10-21-12-14)16(15-7-6-9-22-15)19(5)17(20)24-18(2,3)4/h6-7,9,13-14,16H,8,10-12H2,1-5H3. The Kier molecular flexibility index (Phi) is 6.29. The molecule has 1 saturated heterocycles. The number of carbonyl (C=O) groups excluding carboxylic acids is 1. The predicted molar refractivity (Wildman–Crippen MR) is 89.8 cm³/mol. The van der Waals surface area contributed by atoms with E-state index in [2.05, 4.69) is 0 Å². The highest BCUT2D eigenvalue weighted by molar-refractivity contribution is 5.68. The molecule has 0 N–H and O–H groups in total. The molecule has 136 valence electrons. The molecule has 1 aromatic heterocycles. The van der Waals surface area contributed by atoms with Crippen molar-refractivity contribution < 1.29 is 23.4 Å². The van der Waals surface area contributed by atoms with Crippen LogP contribution in [0.15, 0.2) is 22.8 Å². The molecule has 2 heterocycles. The van der Waals surface area contributed by atoms with E-state index in [-0.39, 0.29) is 24.2 Å². The fraction of sp³-hybridized carbons (Fsp3) is 0.722. The summed E-state index contributed by atoms with van der Waals surface area (Å²) in [7, 11) is 1.73. The summed E-state index contributed by atoms with van der Waals surface area (Å²) < 4.78 is 22.3. The molecule has 1 fully saturated rings. The molecule has 6 nitrogen and oxygen atoms in total. The molecule has 3 unspecified atom stereocenters. The van der Waals surface area contributed by atoms with E-state index < -0.39 is 5.60 Å². The maximum Gasteiger partial charge on any atom is 0.410 e. The Hall–Kier alpha value is -1.53. The molecular weight excluding hydrogens is 310 g/mol. The molecule has 0 aliphatic carbocycles. The van der Waals surface area contributed by atoms with Gasteiger partial charge in [0.1, 0.15) is 11.4 Å². The lowest BCUT2D eigenvalue weighted by Crippen LogP contribution is -2.40. The van der Waals surface area contributed by atoms with Crippen LogP contribution in [0.1, 0.15) is 45.9 Å². The van der Waals surface area contributed by atoms with Gasteiger partial charge in [0.05, 0.1) is 31.6 Å². The van der Waals surface area contributed by atoms with Gasteiger partial charge in [-0.2, -0.15) is 0 Å². The molecule has 1 aromatic rings. The summed E-state index contributed by atoms with van der Waals surface area (Å²) in [4.78, 5) is 14.0. The molecule has 1 amide bonds. The van der Waals surface area contributed by atoms with Gasteiger partial charge in [0, 0.05) is 19.6 Å². The average Bonchev–Trinajstić information content (AvgIpc) is 3.17. The van der Waals surface area contributed by atoms with Gasteiger partial charge in [0.15, 0.2) is 0 Å². The highest BCUT2D eigenvalue weighted by atomic mass is 16.6. The van der Waals surface area contributed by atoms with Crippen LogP contribution >= 0.6 is 0 Å². The number of hydrogen-bond acceptors (Lipinski definition) is 5. The van der Waals surface area contributed by atoms with Crippen molar-refractivity contribution in [1.82, 2.24) is 4.90 Å². The van der Waals surface area contributed by atoms with Gasteiger partial charge in [-0.3, -0.25) is 0 Å². The predicted octanol–water partition coefficient (Wildman–Crippen LogP) is 3.63. The van der Waals surface area contributed by atoms with Gasteiger partial charge in [-0.05, 0) is 39.3 Å². The van der Waals surface area contributed by atoms with E-state index >= 15 is 0 Å². The fourth-order valence-corrected chi connectivity index (χ4v) is 2.78. The van der Waals surface area contributed by atoms with Gasteiger partial charge in [0.25, 0.3) is 0 Å². The van der Waals surface area contributed by atoms with Crippen molar-refractivity contribution in [2.75, 3.05) is 26.9 Å². The minimum Gasteiger partial charge on any atom is -0.467 e. The van der Waals surface area contributed by atoms with Crippen molar-refractivity contribution in [2.45, 2.75) is 51.9 Å². The summed E-state index contributed by atoms with van der Waals surface area (Å²) in [5.74, 6) is 0.774. The van der Waals surface area contributed by atoms with E-state index in [0.717, 1.165) is 18.8 Å². The summed E-state index contributed by atoms with van der Waals surface area (Å²) in [6.07, 6.45) is 2.29. The van der Waals surface area contributed by atoms with E-state index in [1.54, 1.807) is 18.2 Å². The third-order valence-electron chi connectivity index (χ3n) is 3.96. The van der Waals surface area contributed by atoms with Gasteiger partial charge in [0.2, 0.25) is 0 Å². The molecule has 0 radical (unpaired) electrons. The lowest BCUT2D eigenvalue weighted by molar-refractivity contribution is -0.0117. The first-order chi connectivity index (χ1) is 11.3. The second kappa shape index (κ2) is 8.03. The lowest BCUT2D eigenvalue weighted by Gasteiger charge is -2.33. The summed E-state index contributed by atoms with van der Waals surface area (Å²) in [5.41, 5.74) is -0.542. The van der Waals surface area contributed by atoms with E-state index in [1.165, 1.54) is 0 Å². The monoisotopic (exact) mass is 339 g/mol.